The van der Waals surface area contributed by atoms with Crippen molar-refractivity contribution in [1.82, 2.24) is 9.88 Å². The summed E-state index contributed by atoms with van der Waals surface area (Å²) in [6.45, 7) is 0.411. The van der Waals surface area contributed by atoms with E-state index in [0.717, 1.165) is 5.56 Å². The number of carbonyl (C=O) groups is 2. The van der Waals surface area contributed by atoms with Crippen molar-refractivity contribution in [2.75, 3.05) is 5.32 Å². The third-order valence-corrected chi connectivity index (χ3v) is 4.79. The summed E-state index contributed by atoms with van der Waals surface area (Å²) in [7, 11) is 0. The van der Waals surface area contributed by atoms with E-state index in [9.17, 15) is 14.0 Å². The first kappa shape index (κ1) is 17.9. The highest BCUT2D eigenvalue weighted by Gasteiger charge is 2.34. The smallest absolute Gasteiger partial charge is 0.255 e. The molecule has 140 valence electrons. The second-order valence-corrected chi connectivity index (χ2v) is 6.62. The molecule has 1 aliphatic heterocycles. The maximum atomic E-state index is 13.4. The van der Waals surface area contributed by atoms with Crippen molar-refractivity contribution in [2.45, 2.75) is 19.0 Å². The Balaban J connectivity index is 1.61. The number of pyridine rings is 1. The molecule has 0 fully saturated rings. The topological polar surface area (TPSA) is 62.3 Å². The minimum Gasteiger partial charge on any atom is -0.327 e. The first-order valence-electron chi connectivity index (χ1n) is 8.97. The summed E-state index contributed by atoms with van der Waals surface area (Å²) in [5.74, 6) is -0.315. The van der Waals surface area contributed by atoms with Gasteiger partial charge >= 0.3 is 0 Å². The summed E-state index contributed by atoms with van der Waals surface area (Å²) in [5.41, 5.74) is 2.27. The lowest BCUT2D eigenvalue weighted by atomic mass is 10.0. The summed E-state index contributed by atoms with van der Waals surface area (Å²) in [4.78, 5) is 31.3. The molecule has 2 amide bonds. The normalized spacial score (nSPS) is 13.9. The summed E-state index contributed by atoms with van der Waals surface area (Å²) >= 11 is 0. The monoisotopic (exact) mass is 375 g/mol. The molecule has 6 heteroatoms. The third-order valence-electron chi connectivity index (χ3n) is 4.79. The van der Waals surface area contributed by atoms with Gasteiger partial charge in [-0.1, -0.05) is 36.4 Å². The van der Waals surface area contributed by atoms with E-state index in [-0.39, 0.29) is 24.1 Å². The van der Waals surface area contributed by atoms with Gasteiger partial charge in [0.25, 0.3) is 5.91 Å². The quantitative estimate of drug-likeness (QED) is 0.735. The van der Waals surface area contributed by atoms with E-state index < -0.39 is 6.04 Å². The number of hydrogen-bond donors (Lipinski definition) is 1. The van der Waals surface area contributed by atoms with Crippen LogP contribution in [0.1, 0.15) is 33.9 Å². The molecule has 1 unspecified atom stereocenters. The molecule has 0 saturated carbocycles. The Morgan fingerprint density at radius 1 is 1.07 bits per heavy atom. The summed E-state index contributed by atoms with van der Waals surface area (Å²) in [6, 6.07) is 18.0. The molecule has 1 aromatic heterocycles. The number of halogens is 1. The number of carbonyl (C=O) groups excluding carboxylic acids is 2. The zero-order valence-corrected chi connectivity index (χ0v) is 15.0. The first-order valence-corrected chi connectivity index (χ1v) is 8.97. The second kappa shape index (κ2) is 7.60. The number of rotatable bonds is 5. The zero-order valence-electron chi connectivity index (χ0n) is 15.0. The molecule has 1 N–H and O–H groups in total. The predicted octanol–water partition coefficient (Wildman–Crippen LogP) is 3.95. The number of anilines is 1. The standard InChI is InChI=1S/C22H18FN3O2/c23-17-10-8-15(9-11-17)19(13-21(27)25-20-7-3-4-12-24-20)26-14-16-5-1-2-6-18(16)22(26)28/h1-12,19H,13-14H2,(H,24,25,27). The molecule has 2 aromatic carbocycles. The Kier molecular flexibility index (Phi) is 4.85. The van der Waals surface area contributed by atoms with Gasteiger partial charge in [0.2, 0.25) is 5.91 Å². The maximum absolute atomic E-state index is 13.4. The average Bonchev–Trinajstić information content (AvgIpc) is 3.04. The second-order valence-electron chi connectivity index (χ2n) is 6.62. The van der Waals surface area contributed by atoms with Crippen LogP contribution in [0.2, 0.25) is 0 Å². The largest absolute Gasteiger partial charge is 0.327 e. The molecule has 4 rings (SSSR count). The first-order chi connectivity index (χ1) is 13.6. The van der Waals surface area contributed by atoms with Crippen molar-refractivity contribution in [3.05, 3.63) is 95.4 Å². The molecule has 2 heterocycles. The van der Waals surface area contributed by atoms with Crippen LogP contribution in [-0.4, -0.2) is 21.7 Å². The fourth-order valence-electron chi connectivity index (χ4n) is 3.43. The van der Waals surface area contributed by atoms with Gasteiger partial charge in [-0.3, -0.25) is 9.59 Å². The van der Waals surface area contributed by atoms with Crippen LogP contribution in [0.25, 0.3) is 0 Å². The molecule has 1 aliphatic rings. The summed E-state index contributed by atoms with van der Waals surface area (Å²) < 4.78 is 13.4. The lowest BCUT2D eigenvalue weighted by Gasteiger charge is -2.28. The molecule has 0 radical (unpaired) electrons. The molecule has 1 atom stereocenters. The van der Waals surface area contributed by atoms with E-state index in [1.165, 1.54) is 12.1 Å². The highest BCUT2D eigenvalue weighted by Crippen LogP contribution is 2.33. The van der Waals surface area contributed by atoms with Gasteiger partial charge < -0.3 is 10.2 Å². The van der Waals surface area contributed by atoms with Crippen LogP contribution in [0.5, 0.6) is 0 Å². The van der Waals surface area contributed by atoms with Crippen LogP contribution >= 0.6 is 0 Å². The minimum absolute atomic E-state index is 0.0436. The number of nitrogens with one attached hydrogen (secondary N) is 1. The average molecular weight is 375 g/mol. The zero-order chi connectivity index (χ0) is 19.5. The van der Waals surface area contributed by atoms with Gasteiger partial charge in [0.1, 0.15) is 11.6 Å². The summed E-state index contributed by atoms with van der Waals surface area (Å²) in [6.07, 6.45) is 1.63. The Labute approximate surface area is 161 Å². The van der Waals surface area contributed by atoms with E-state index >= 15 is 0 Å². The molecule has 0 saturated heterocycles. The van der Waals surface area contributed by atoms with Crippen LogP contribution in [0.15, 0.2) is 72.9 Å². The van der Waals surface area contributed by atoms with Gasteiger partial charge in [-0.25, -0.2) is 9.37 Å². The number of nitrogens with zero attached hydrogens (tertiary/aromatic N) is 2. The molecule has 5 nitrogen and oxygen atoms in total. The lowest BCUT2D eigenvalue weighted by molar-refractivity contribution is -0.117. The molecule has 28 heavy (non-hydrogen) atoms. The van der Waals surface area contributed by atoms with Gasteiger partial charge in [-0.05, 0) is 41.5 Å². The van der Waals surface area contributed by atoms with Gasteiger partial charge in [-0.2, -0.15) is 0 Å². The molecule has 3 aromatic rings. The highest BCUT2D eigenvalue weighted by atomic mass is 19.1. The number of aromatic nitrogens is 1. The number of fused-ring (bicyclic) bond motifs is 1. The predicted molar refractivity (Wildman–Crippen MR) is 103 cm³/mol. The number of hydrogen-bond acceptors (Lipinski definition) is 3. The number of amides is 2. The van der Waals surface area contributed by atoms with E-state index in [2.05, 4.69) is 10.3 Å². The Hall–Kier alpha value is -3.54. The van der Waals surface area contributed by atoms with E-state index in [4.69, 9.17) is 0 Å². The van der Waals surface area contributed by atoms with Gasteiger partial charge in [0, 0.05) is 18.3 Å². The van der Waals surface area contributed by atoms with Crippen LogP contribution in [-0.2, 0) is 11.3 Å². The summed E-state index contributed by atoms with van der Waals surface area (Å²) in [5, 5.41) is 2.75. The van der Waals surface area contributed by atoms with E-state index in [1.807, 2.05) is 18.2 Å². The van der Waals surface area contributed by atoms with Crippen molar-refractivity contribution in [1.29, 1.82) is 0 Å². The highest BCUT2D eigenvalue weighted by molar-refractivity contribution is 5.99. The van der Waals surface area contributed by atoms with E-state index in [1.54, 1.807) is 47.5 Å². The lowest BCUT2D eigenvalue weighted by Crippen LogP contribution is -2.32. The Bertz CT molecular complexity index is 1010. The fourth-order valence-corrected chi connectivity index (χ4v) is 3.43. The van der Waals surface area contributed by atoms with Crippen molar-refractivity contribution in [2.24, 2.45) is 0 Å². The van der Waals surface area contributed by atoms with Crippen LogP contribution < -0.4 is 5.32 Å². The molecule has 0 aliphatic carbocycles. The van der Waals surface area contributed by atoms with Crippen molar-refractivity contribution in [3.8, 4) is 0 Å². The minimum atomic E-state index is -0.510. The van der Waals surface area contributed by atoms with Crippen LogP contribution in [0.3, 0.4) is 0 Å². The van der Waals surface area contributed by atoms with Crippen molar-refractivity contribution in [3.63, 3.8) is 0 Å². The van der Waals surface area contributed by atoms with Crippen LogP contribution in [0, 0.1) is 5.82 Å². The van der Waals surface area contributed by atoms with Crippen molar-refractivity contribution < 1.29 is 14.0 Å². The third kappa shape index (κ3) is 3.62. The molecule has 0 spiro atoms. The maximum Gasteiger partial charge on any atom is 0.255 e. The van der Waals surface area contributed by atoms with Gasteiger partial charge in [0.05, 0.1) is 12.5 Å². The molecular weight excluding hydrogens is 357 g/mol. The fraction of sp³-hybridized carbons (Fsp3) is 0.136. The molecular formula is C22H18FN3O2. The van der Waals surface area contributed by atoms with Crippen LogP contribution in [0.4, 0.5) is 10.2 Å². The Morgan fingerprint density at radius 2 is 1.82 bits per heavy atom. The van der Waals surface area contributed by atoms with Gasteiger partial charge in [0.15, 0.2) is 0 Å². The van der Waals surface area contributed by atoms with E-state index in [0.29, 0.717) is 23.5 Å². The van der Waals surface area contributed by atoms with Crippen molar-refractivity contribution >= 4 is 17.6 Å². The SMILES string of the molecule is O=C(CC(c1ccc(F)cc1)N1Cc2ccccc2C1=O)Nc1ccccn1. The Morgan fingerprint density at radius 3 is 2.54 bits per heavy atom. The molecule has 0 bridgehead atoms. The number of benzene rings is 2. The van der Waals surface area contributed by atoms with Gasteiger partial charge in [-0.15, -0.1) is 0 Å².